The van der Waals surface area contributed by atoms with Crippen molar-refractivity contribution in [1.29, 1.82) is 0 Å². The maximum atomic E-state index is 11.1. The first-order chi connectivity index (χ1) is 7.31. The fourth-order valence-corrected chi connectivity index (χ4v) is 1.62. The molecule has 0 amide bonds. The molecule has 0 aliphatic carbocycles. The van der Waals surface area contributed by atoms with Crippen LogP contribution >= 0.6 is 0 Å². The van der Waals surface area contributed by atoms with Crippen molar-refractivity contribution in [3.05, 3.63) is 0 Å². The Labute approximate surface area is 98.4 Å². The molecule has 0 rings (SSSR count). The Hall–Kier alpha value is -0.610. The highest BCUT2D eigenvalue weighted by atomic mass is 16.5. The van der Waals surface area contributed by atoms with Gasteiger partial charge in [-0.1, -0.05) is 20.8 Å². The lowest BCUT2D eigenvalue weighted by Crippen LogP contribution is -2.53. The standard InChI is InChI=1S/C12H25NO3/c1-6-13-12(5,11(14)15)8-16-10(4)7-9(2)3/h9-10,13H,6-8H2,1-5H3,(H,14,15). The lowest BCUT2D eigenvalue weighted by molar-refractivity contribution is -0.147. The molecule has 96 valence electrons. The van der Waals surface area contributed by atoms with Crippen molar-refractivity contribution < 1.29 is 14.6 Å². The summed E-state index contributed by atoms with van der Waals surface area (Å²) < 4.78 is 5.59. The minimum atomic E-state index is -0.986. The second-order valence-electron chi connectivity index (χ2n) is 4.92. The zero-order valence-electron chi connectivity index (χ0n) is 11.0. The van der Waals surface area contributed by atoms with Crippen LogP contribution in [0.1, 0.15) is 41.0 Å². The fraction of sp³-hybridized carbons (Fsp3) is 0.917. The molecule has 16 heavy (non-hydrogen) atoms. The molecule has 0 aromatic carbocycles. The Kier molecular flexibility index (Phi) is 6.60. The molecule has 0 saturated carbocycles. The minimum Gasteiger partial charge on any atom is -0.480 e. The zero-order chi connectivity index (χ0) is 12.8. The molecule has 2 atom stereocenters. The van der Waals surface area contributed by atoms with Gasteiger partial charge in [0.2, 0.25) is 0 Å². The average Bonchev–Trinajstić information content (AvgIpc) is 2.14. The molecule has 4 nitrogen and oxygen atoms in total. The molecule has 0 heterocycles. The summed E-state index contributed by atoms with van der Waals surface area (Å²) in [5, 5.41) is 12.1. The lowest BCUT2D eigenvalue weighted by atomic mass is 10.0. The second-order valence-corrected chi connectivity index (χ2v) is 4.92. The van der Waals surface area contributed by atoms with Crippen molar-refractivity contribution in [2.45, 2.75) is 52.7 Å². The van der Waals surface area contributed by atoms with Crippen LogP contribution in [0, 0.1) is 5.92 Å². The van der Waals surface area contributed by atoms with Crippen molar-refractivity contribution in [2.24, 2.45) is 5.92 Å². The molecule has 0 radical (unpaired) electrons. The van der Waals surface area contributed by atoms with Crippen LogP contribution < -0.4 is 5.32 Å². The van der Waals surface area contributed by atoms with Gasteiger partial charge in [-0.2, -0.15) is 0 Å². The van der Waals surface area contributed by atoms with E-state index < -0.39 is 11.5 Å². The third-order valence-corrected chi connectivity index (χ3v) is 2.50. The van der Waals surface area contributed by atoms with Gasteiger partial charge in [-0.25, -0.2) is 0 Å². The molecule has 0 bridgehead atoms. The first kappa shape index (κ1) is 15.4. The summed E-state index contributed by atoms with van der Waals surface area (Å²) in [5.41, 5.74) is -0.986. The quantitative estimate of drug-likeness (QED) is 0.670. The van der Waals surface area contributed by atoms with Gasteiger partial charge in [-0.15, -0.1) is 0 Å². The number of likely N-dealkylation sites (N-methyl/N-ethyl adjacent to an activating group) is 1. The summed E-state index contributed by atoms with van der Waals surface area (Å²) in [6.45, 7) is 10.6. The van der Waals surface area contributed by atoms with E-state index in [1.165, 1.54) is 0 Å². The largest absolute Gasteiger partial charge is 0.480 e. The molecule has 0 spiro atoms. The number of rotatable bonds is 8. The number of carboxylic acid groups (broad SMARTS) is 1. The van der Waals surface area contributed by atoms with Gasteiger partial charge in [-0.05, 0) is 32.7 Å². The SMILES string of the molecule is CCNC(C)(COC(C)CC(C)C)C(=O)O. The number of aliphatic carboxylic acids is 1. The van der Waals surface area contributed by atoms with Crippen LogP contribution in [0.4, 0.5) is 0 Å². The predicted octanol–water partition coefficient (Wildman–Crippen LogP) is 1.89. The van der Waals surface area contributed by atoms with Crippen molar-refractivity contribution in [3.8, 4) is 0 Å². The highest BCUT2D eigenvalue weighted by molar-refractivity contribution is 5.78. The number of hydrogen-bond donors (Lipinski definition) is 2. The minimum absolute atomic E-state index is 0.0948. The maximum Gasteiger partial charge on any atom is 0.326 e. The van der Waals surface area contributed by atoms with Crippen molar-refractivity contribution in [3.63, 3.8) is 0 Å². The van der Waals surface area contributed by atoms with Crippen LogP contribution in [-0.4, -0.2) is 35.9 Å². The van der Waals surface area contributed by atoms with Gasteiger partial charge < -0.3 is 15.2 Å². The molecule has 0 fully saturated rings. The molecule has 0 aromatic heterocycles. The number of nitrogens with one attached hydrogen (secondary N) is 1. The summed E-state index contributed by atoms with van der Waals surface area (Å²) in [7, 11) is 0. The average molecular weight is 231 g/mol. The summed E-state index contributed by atoms with van der Waals surface area (Å²) in [6.07, 6.45) is 1.04. The van der Waals surface area contributed by atoms with E-state index in [0.717, 1.165) is 6.42 Å². The molecular formula is C12H25NO3. The fourth-order valence-electron chi connectivity index (χ4n) is 1.62. The number of ether oxygens (including phenoxy) is 1. The van der Waals surface area contributed by atoms with Crippen LogP contribution in [0.3, 0.4) is 0 Å². The Morgan fingerprint density at radius 2 is 2.00 bits per heavy atom. The molecule has 2 unspecified atom stereocenters. The normalized spacial score (nSPS) is 17.1. The third-order valence-electron chi connectivity index (χ3n) is 2.50. The van der Waals surface area contributed by atoms with Gasteiger partial charge in [0.1, 0.15) is 5.54 Å². The van der Waals surface area contributed by atoms with Gasteiger partial charge in [0.15, 0.2) is 0 Å². The Morgan fingerprint density at radius 1 is 1.44 bits per heavy atom. The maximum absolute atomic E-state index is 11.1. The van der Waals surface area contributed by atoms with E-state index in [1.807, 2.05) is 13.8 Å². The molecule has 2 N–H and O–H groups in total. The van der Waals surface area contributed by atoms with Crippen molar-refractivity contribution in [2.75, 3.05) is 13.2 Å². The summed E-state index contributed by atoms with van der Waals surface area (Å²) >= 11 is 0. The highest BCUT2D eigenvalue weighted by Crippen LogP contribution is 2.11. The van der Waals surface area contributed by atoms with Gasteiger partial charge in [0, 0.05) is 0 Å². The summed E-state index contributed by atoms with van der Waals surface area (Å²) in [5.74, 6) is -0.309. The van der Waals surface area contributed by atoms with E-state index in [2.05, 4.69) is 19.2 Å². The van der Waals surface area contributed by atoms with E-state index in [1.54, 1.807) is 6.92 Å². The van der Waals surface area contributed by atoms with Gasteiger partial charge in [-0.3, -0.25) is 4.79 Å². The highest BCUT2D eigenvalue weighted by Gasteiger charge is 2.32. The second kappa shape index (κ2) is 6.86. The topological polar surface area (TPSA) is 58.6 Å². The number of hydrogen-bond acceptors (Lipinski definition) is 3. The molecule has 4 heteroatoms. The molecule has 0 saturated heterocycles. The first-order valence-electron chi connectivity index (χ1n) is 5.91. The van der Waals surface area contributed by atoms with Crippen LogP contribution in [0.5, 0.6) is 0 Å². The van der Waals surface area contributed by atoms with Crippen LogP contribution in [0.15, 0.2) is 0 Å². The van der Waals surface area contributed by atoms with Crippen molar-refractivity contribution >= 4 is 5.97 Å². The van der Waals surface area contributed by atoms with E-state index in [-0.39, 0.29) is 12.7 Å². The van der Waals surface area contributed by atoms with E-state index in [0.29, 0.717) is 12.5 Å². The van der Waals surface area contributed by atoms with E-state index in [4.69, 9.17) is 9.84 Å². The van der Waals surface area contributed by atoms with Gasteiger partial charge in [0.25, 0.3) is 0 Å². The predicted molar refractivity (Wildman–Crippen MR) is 64.6 cm³/mol. The smallest absolute Gasteiger partial charge is 0.326 e. The van der Waals surface area contributed by atoms with Gasteiger partial charge in [0.05, 0.1) is 12.7 Å². The number of carboxylic acids is 1. The molecule has 0 aliphatic rings. The van der Waals surface area contributed by atoms with Crippen LogP contribution in [0.2, 0.25) is 0 Å². The lowest BCUT2D eigenvalue weighted by Gasteiger charge is -2.27. The molecule has 0 aliphatic heterocycles. The van der Waals surface area contributed by atoms with Crippen molar-refractivity contribution in [1.82, 2.24) is 5.32 Å². The molecular weight excluding hydrogens is 206 g/mol. The zero-order valence-corrected chi connectivity index (χ0v) is 11.0. The summed E-state index contributed by atoms with van der Waals surface area (Å²) in [4.78, 5) is 11.1. The Morgan fingerprint density at radius 3 is 2.38 bits per heavy atom. The first-order valence-corrected chi connectivity index (χ1v) is 5.91. The monoisotopic (exact) mass is 231 g/mol. The Bertz CT molecular complexity index is 218. The van der Waals surface area contributed by atoms with E-state index in [9.17, 15) is 4.79 Å². The third kappa shape index (κ3) is 5.47. The summed E-state index contributed by atoms with van der Waals surface area (Å²) in [6, 6.07) is 0. The molecule has 0 aromatic rings. The van der Waals surface area contributed by atoms with Gasteiger partial charge >= 0.3 is 5.97 Å². The van der Waals surface area contributed by atoms with Crippen LogP contribution in [-0.2, 0) is 9.53 Å². The van der Waals surface area contributed by atoms with Crippen LogP contribution in [0.25, 0.3) is 0 Å². The number of carbonyl (C=O) groups is 1. The Balaban J connectivity index is 4.17. The van der Waals surface area contributed by atoms with E-state index >= 15 is 0 Å².